The van der Waals surface area contributed by atoms with Crippen LogP contribution in [0, 0.1) is 0 Å². The number of carbonyl (C=O) groups excluding carboxylic acids is 1. The average molecular weight is 155 g/mol. The molecule has 0 spiro atoms. The highest BCUT2D eigenvalue weighted by molar-refractivity contribution is 5.98. The molecule has 3 heteroatoms. The molecular formula is C8H13NO2. The minimum atomic E-state index is -0.400. The van der Waals surface area contributed by atoms with E-state index in [1.54, 1.807) is 6.92 Å². The largest absolute Gasteiger partial charge is 0.501 e. The van der Waals surface area contributed by atoms with Crippen LogP contribution in [-0.2, 0) is 9.53 Å². The smallest absolute Gasteiger partial charge is 0.178 e. The van der Waals surface area contributed by atoms with Crippen molar-refractivity contribution in [1.29, 1.82) is 0 Å². The zero-order valence-corrected chi connectivity index (χ0v) is 6.67. The zero-order chi connectivity index (χ0) is 8.27. The Hall–Kier alpha value is -0.830. The lowest BCUT2D eigenvalue weighted by molar-refractivity contribution is -0.116. The van der Waals surface area contributed by atoms with Crippen molar-refractivity contribution in [3.8, 4) is 0 Å². The first kappa shape index (κ1) is 8.27. The molecule has 1 heterocycles. The molecule has 0 radical (unpaired) electrons. The van der Waals surface area contributed by atoms with Crippen molar-refractivity contribution in [2.45, 2.75) is 25.8 Å². The molecule has 1 rings (SSSR count). The fourth-order valence-corrected chi connectivity index (χ4v) is 1.04. The van der Waals surface area contributed by atoms with Crippen LogP contribution in [0.5, 0.6) is 0 Å². The van der Waals surface area contributed by atoms with Gasteiger partial charge in [0.15, 0.2) is 5.78 Å². The molecule has 0 saturated carbocycles. The van der Waals surface area contributed by atoms with Crippen LogP contribution < -0.4 is 5.73 Å². The summed E-state index contributed by atoms with van der Waals surface area (Å²) in [5, 5.41) is 0. The van der Waals surface area contributed by atoms with Crippen LogP contribution in [0.3, 0.4) is 0 Å². The van der Waals surface area contributed by atoms with Crippen molar-refractivity contribution in [3.05, 3.63) is 11.8 Å². The Morgan fingerprint density at radius 2 is 2.55 bits per heavy atom. The Morgan fingerprint density at radius 3 is 3.00 bits per heavy atom. The standard InChI is InChI=1S/C8H13NO2/c1-6(9)8(10)7-3-2-4-11-5-7/h5-6H,2-4,9H2,1H3/t6-/m0/s1. The summed E-state index contributed by atoms with van der Waals surface area (Å²) in [6.45, 7) is 2.41. The Kier molecular flexibility index (Phi) is 2.65. The number of rotatable bonds is 2. The topological polar surface area (TPSA) is 52.3 Å². The summed E-state index contributed by atoms with van der Waals surface area (Å²) in [5.41, 5.74) is 6.15. The maximum absolute atomic E-state index is 11.2. The molecule has 0 bridgehead atoms. The van der Waals surface area contributed by atoms with Gasteiger partial charge < -0.3 is 10.5 Å². The lowest BCUT2D eigenvalue weighted by atomic mass is 10.0. The van der Waals surface area contributed by atoms with Gasteiger partial charge in [-0.15, -0.1) is 0 Å². The van der Waals surface area contributed by atoms with Crippen LogP contribution in [-0.4, -0.2) is 18.4 Å². The summed E-state index contributed by atoms with van der Waals surface area (Å²) in [6, 6.07) is -0.400. The lowest BCUT2D eigenvalue weighted by Crippen LogP contribution is -2.29. The second-order valence-electron chi connectivity index (χ2n) is 2.77. The summed E-state index contributed by atoms with van der Waals surface area (Å²) < 4.78 is 5.01. The quantitative estimate of drug-likeness (QED) is 0.635. The molecule has 0 aromatic rings. The summed E-state index contributed by atoms with van der Waals surface area (Å²) in [7, 11) is 0. The monoisotopic (exact) mass is 155 g/mol. The van der Waals surface area contributed by atoms with E-state index >= 15 is 0 Å². The van der Waals surface area contributed by atoms with E-state index in [9.17, 15) is 4.79 Å². The van der Waals surface area contributed by atoms with Gasteiger partial charge in [-0.05, 0) is 19.8 Å². The highest BCUT2D eigenvalue weighted by Crippen LogP contribution is 2.13. The third kappa shape index (κ3) is 2.05. The fraction of sp³-hybridized carbons (Fsp3) is 0.625. The van der Waals surface area contributed by atoms with Crippen LogP contribution in [0.2, 0.25) is 0 Å². The van der Waals surface area contributed by atoms with Gasteiger partial charge in [0, 0.05) is 5.57 Å². The van der Waals surface area contributed by atoms with Crippen molar-refractivity contribution >= 4 is 5.78 Å². The summed E-state index contributed by atoms with van der Waals surface area (Å²) >= 11 is 0. The molecule has 0 aromatic heterocycles. The van der Waals surface area contributed by atoms with Gasteiger partial charge in [0.05, 0.1) is 18.9 Å². The highest BCUT2D eigenvalue weighted by atomic mass is 16.5. The van der Waals surface area contributed by atoms with E-state index in [-0.39, 0.29) is 5.78 Å². The number of nitrogens with two attached hydrogens (primary N) is 1. The normalized spacial score (nSPS) is 20.0. The molecule has 1 aliphatic rings. The Morgan fingerprint density at radius 1 is 1.82 bits per heavy atom. The number of hydrogen-bond donors (Lipinski definition) is 1. The third-order valence-corrected chi connectivity index (χ3v) is 1.66. The minimum absolute atomic E-state index is 0.00435. The average Bonchev–Trinajstić information content (AvgIpc) is 2.05. The molecule has 1 atom stereocenters. The van der Waals surface area contributed by atoms with Gasteiger partial charge in [0.2, 0.25) is 0 Å². The van der Waals surface area contributed by atoms with Crippen LogP contribution in [0.15, 0.2) is 11.8 Å². The predicted octanol–water partition coefficient (Wildman–Crippen LogP) is 0.597. The minimum Gasteiger partial charge on any atom is -0.501 e. The molecule has 2 N–H and O–H groups in total. The van der Waals surface area contributed by atoms with Gasteiger partial charge in [-0.25, -0.2) is 0 Å². The third-order valence-electron chi connectivity index (χ3n) is 1.66. The number of hydrogen-bond acceptors (Lipinski definition) is 3. The van der Waals surface area contributed by atoms with E-state index in [1.807, 2.05) is 0 Å². The molecule has 62 valence electrons. The summed E-state index contributed by atoms with van der Waals surface area (Å²) in [5.74, 6) is 0.00435. The number of ketones is 1. The van der Waals surface area contributed by atoms with E-state index in [0.717, 1.165) is 25.0 Å². The van der Waals surface area contributed by atoms with Gasteiger partial charge in [-0.3, -0.25) is 4.79 Å². The first-order valence-electron chi connectivity index (χ1n) is 3.82. The second kappa shape index (κ2) is 3.53. The van der Waals surface area contributed by atoms with Gasteiger partial charge in [0.1, 0.15) is 0 Å². The molecule has 1 aliphatic heterocycles. The maximum atomic E-state index is 11.2. The zero-order valence-electron chi connectivity index (χ0n) is 6.67. The highest BCUT2D eigenvalue weighted by Gasteiger charge is 2.16. The molecule has 11 heavy (non-hydrogen) atoms. The molecule has 0 unspecified atom stereocenters. The molecular weight excluding hydrogens is 142 g/mol. The van der Waals surface area contributed by atoms with Crippen molar-refractivity contribution in [1.82, 2.24) is 0 Å². The summed E-state index contributed by atoms with van der Waals surface area (Å²) in [6.07, 6.45) is 3.26. The van der Waals surface area contributed by atoms with E-state index in [0.29, 0.717) is 0 Å². The number of ether oxygens (including phenoxy) is 1. The van der Waals surface area contributed by atoms with Crippen LogP contribution >= 0.6 is 0 Å². The van der Waals surface area contributed by atoms with Crippen LogP contribution in [0.1, 0.15) is 19.8 Å². The van der Waals surface area contributed by atoms with Gasteiger partial charge in [0.25, 0.3) is 0 Å². The fourth-order valence-electron chi connectivity index (χ4n) is 1.04. The van der Waals surface area contributed by atoms with Gasteiger partial charge in [-0.2, -0.15) is 0 Å². The van der Waals surface area contributed by atoms with Gasteiger partial charge >= 0.3 is 0 Å². The predicted molar refractivity (Wildman–Crippen MR) is 41.9 cm³/mol. The van der Waals surface area contributed by atoms with Crippen LogP contribution in [0.4, 0.5) is 0 Å². The van der Waals surface area contributed by atoms with E-state index < -0.39 is 6.04 Å². The SMILES string of the molecule is C[C@H](N)C(=O)C1=COCCC1. The Labute approximate surface area is 66.2 Å². The van der Waals surface area contributed by atoms with Crippen molar-refractivity contribution in [2.24, 2.45) is 5.73 Å². The van der Waals surface area contributed by atoms with Crippen molar-refractivity contribution in [3.63, 3.8) is 0 Å². The lowest BCUT2D eigenvalue weighted by Gasteiger charge is -2.13. The second-order valence-corrected chi connectivity index (χ2v) is 2.77. The van der Waals surface area contributed by atoms with E-state index in [4.69, 9.17) is 10.5 Å². The van der Waals surface area contributed by atoms with Crippen LogP contribution in [0.25, 0.3) is 0 Å². The van der Waals surface area contributed by atoms with E-state index in [1.165, 1.54) is 6.26 Å². The molecule has 0 aliphatic carbocycles. The van der Waals surface area contributed by atoms with Gasteiger partial charge in [-0.1, -0.05) is 0 Å². The van der Waals surface area contributed by atoms with E-state index in [2.05, 4.69) is 0 Å². The maximum Gasteiger partial charge on any atom is 0.178 e. The Bertz CT molecular complexity index is 185. The summed E-state index contributed by atoms with van der Waals surface area (Å²) in [4.78, 5) is 11.2. The first-order chi connectivity index (χ1) is 5.22. The molecule has 0 saturated heterocycles. The number of Topliss-reactive ketones (excluding diaryl/α,β-unsaturated/α-hetero) is 1. The molecule has 3 nitrogen and oxygen atoms in total. The molecule has 0 aromatic carbocycles. The molecule has 0 fully saturated rings. The Balaban J connectivity index is 2.58. The van der Waals surface area contributed by atoms with Crippen molar-refractivity contribution < 1.29 is 9.53 Å². The van der Waals surface area contributed by atoms with Crippen molar-refractivity contribution in [2.75, 3.05) is 6.61 Å². The number of carbonyl (C=O) groups is 1. The molecule has 0 amide bonds. The first-order valence-corrected chi connectivity index (χ1v) is 3.82.